The molecule has 1 amide bonds. The molecule has 0 aliphatic carbocycles. The van der Waals surface area contributed by atoms with Gasteiger partial charge in [-0.05, 0) is 87.0 Å². The van der Waals surface area contributed by atoms with Crippen molar-refractivity contribution in [1.29, 1.82) is 0 Å². The molecule has 0 bridgehead atoms. The highest BCUT2D eigenvalue weighted by Crippen LogP contribution is 2.39. The van der Waals surface area contributed by atoms with Crippen LogP contribution in [0.5, 0.6) is 0 Å². The molecule has 0 spiro atoms. The Kier molecular flexibility index (Phi) is 12.0. The Bertz CT molecular complexity index is 965. The number of carbonyl (C=O) groups is 1. The molecular weight excluding hydrogens is 533 g/mol. The van der Waals surface area contributed by atoms with E-state index in [9.17, 15) is 4.79 Å². The molecular formula is C28H38Cl3N3OS. The van der Waals surface area contributed by atoms with Gasteiger partial charge in [-0.2, -0.15) is 0 Å². The Labute approximate surface area is 236 Å². The Hall–Kier alpha value is -1.11. The zero-order chi connectivity index (χ0) is 26.1. The smallest absolute Gasteiger partial charge is 0.222 e. The van der Waals surface area contributed by atoms with Crippen LogP contribution in [0.15, 0.2) is 42.5 Å². The van der Waals surface area contributed by atoms with Crippen LogP contribution >= 0.6 is 46.8 Å². The number of carbonyl (C=O) groups excluding carboxylic acids is 1. The number of amides is 1. The van der Waals surface area contributed by atoms with Crippen LogP contribution in [0.3, 0.4) is 0 Å². The third-order valence-corrected chi connectivity index (χ3v) is 8.50. The van der Waals surface area contributed by atoms with Gasteiger partial charge in [0, 0.05) is 52.1 Å². The first-order chi connectivity index (χ1) is 17.3. The number of nitrogens with zero attached hydrogens (tertiary/aromatic N) is 2. The zero-order valence-electron chi connectivity index (χ0n) is 21.5. The van der Waals surface area contributed by atoms with Crippen LogP contribution in [0.4, 0.5) is 5.69 Å². The molecule has 0 radical (unpaired) electrons. The quantitative estimate of drug-likeness (QED) is 0.355. The first-order valence-corrected chi connectivity index (χ1v) is 14.9. The summed E-state index contributed by atoms with van der Waals surface area (Å²) < 4.78 is 3.13. The van der Waals surface area contributed by atoms with Gasteiger partial charge < -0.3 is 9.80 Å². The Balaban J connectivity index is 0.000000214. The van der Waals surface area contributed by atoms with Crippen molar-refractivity contribution in [3.8, 4) is 0 Å². The summed E-state index contributed by atoms with van der Waals surface area (Å²) in [6.45, 7) is 7.10. The summed E-state index contributed by atoms with van der Waals surface area (Å²) in [7, 11) is 1.96. The van der Waals surface area contributed by atoms with Crippen molar-refractivity contribution in [2.45, 2.75) is 63.7 Å². The van der Waals surface area contributed by atoms with E-state index in [2.05, 4.69) is 35.6 Å². The van der Waals surface area contributed by atoms with Crippen molar-refractivity contribution in [2.75, 3.05) is 31.6 Å². The fourth-order valence-corrected chi connectivity index (χ4v) is 6.28. The zero-order valence-corrected chi connectivity index (χ0v) is 24.6. The Morgan fingerprint density at radius 3 is 2.25 bits per heavy atom. The molecule has 198 valence electrons. The fourth-order valence-electron chi connectivity index (χ4n) is 4.84. The van der Waals surface area contributed by atoms with E-state index < -0.39 is 0 Å². The second kappa shape index (κ2) is 14.7. The van der Waals surface area contributed by atoms with E-state index in [4.69, 9.17) is 34.8 Å². The van der Waals surface area contributed by atoms with Gasteiger partial charge in [-0.15, -0.1) is 0 Å². The minimum absolute atomic E-state index is 0.296. The average molecular weight is 571 g/mol. The molecule has 2 saturated heterocycles. The van der Waals surface area contributed by atoms with Crippen molar-refractivity contribution >= 4 is 58.3 Å². The van der Waals surface area contributed by atoms with Crippen LogP contribution in [0.2, 0.25) is 15.1 Å². The van der Waals surface area contributed by atoms with E-state index in [1.54, 1.807) is 11.9 Å². The van der Waals surface area contributed by atoms with Crippen molar-refractivity contribution in [1.82, 2.24) is 9.62 Å². The van der Waals surface area contributed by atoms with Gasteiger partial charge in [0.1, 0.15) is 0 Å². The van der Waals surface area contributed by atoms with Crippen LogP contribution < -0.4 is 9.62 Å². The maximum absolute atomic E-state index is 11.8. The predicted octanol–water partition coefficient (Wildman–Crippen LogP) is 8.27. The first-order valence-electron chi connectivity index (χ1n) is 12.9. The number of nitrogens with one attached hydrogen (secondary N) is 1. The van der Waals surface area contributed by atoms with Crippen LogP contribution in [0, 0.1) is 5.92 Å². The summed E-state index contributed by atoms with van der Waals surface area (Å²) in [6.07, 6.45) is 6.45. The lowest BCUT2D eigenvalue weighted by atomic mass is 9.94. The molecule has 1 unspecified atom stereocenters. The van der Waals surface area contributed by atoms with Gasteiger partial charge in [-0.3, -0.25) is 9.52 Å². The van der Waals surface area contributed by atoms with Crippen LogP contribution in [-0.4, -0.2) is 42.7 Å². The topological polar surface area (TPSA) is 35.6 Å². The third kappa shape index (κ3) is 8.73. The van der Waals surface area contributed by atoms with E-state index in [1.807, 2.05) is 42.3 Å². The van der Waals surface area contributed by atoms with Crippen LogP contribution in [-0.2, 0) is 4.79 Å². The molecule has 2 aliphatic rings. The standard InChI is InChI=1S/C17H16Cl3N.C11H22N2OS/c18-12-4-7-14(8-5-12)21-10-2-1-3-17(21)15-9-6-13(19)11-16(15)20;1-9(2)8-11(14)13-6-4-10(5-7-13)15-12-3/h4-9,11,17H,1-3,10H2;9-10,12H,4-8H2,1-3H3. The number of likely N-dealkylation sites (tertiary alicyclic amines) is 1. The van der Waals surface area contributed by atoms with E-state index in [1.165, 1.54) is 18.5 Å². The van der Waals surface area contributed by atoms with Gasteiger partial charge in [0.2, 0.25) is 5.91 Å². The number of halogens is 3. The molecule has 2 aromatic carbocycles. The number of rotatable bonds is 6. The second-order valence-electron chi connectivity index (χ2n) is 9.85. The average Bonchev–Trinajstić information content (AvgIpc) is 2.85. The van der Waals surface area contributed by atoms with E-state index in [-0.39, 0.29) is 0 Å². The summed E-state index contributed by atoms with van der Waals surface area (Å²) >= 11 is 20.2. The van der Waals surface area contributed by atoms with Gasteiger partial charge >= 0.3 is 0 Å². The molecule has 4 nitrogen and oxygen atoms in total. The molecule has 2 aliphatic heterocycles. The molecule has 2 heterocycles. The molecule has 0 aromatic heterocycles. The highest BCUT2D eigenvalue weighted by molar-refractivity contribution is 7.98. The van der Waals surface area contributed by atoms with Crippen molar-refractivity contribution in [3.05, 3.63) is 63.1 Å². The summed E-state index contributed by atoms with van der Waals surface area (Å²) in [5, 5.41) is 2.86. The number of hydrogen-bond acceptors (Lipinski definition) is 4. The fraction of sp³-hybridized carbons (Fsp3) is 0.536. The summed E-state index contributed by atoms with van der Waals surface area (Å²) in [6, 6.07) is 14.1. The third-order valence-electron chi connectivity index (χ3n) is 6.64. The highest BCUT2D eigenvalue weighted by Gasteiger charge is 2.26. The van der Waals surface area contributed by atoms with E-state index >= 15 is 0 Å². The van der Waals surface area contributed by atoms with Crippen LogP contribution in [0.25, 0.3) is 0 Å². The summed E-state index contributed by atoms with van der Waals surface area (Å²) in [5.41, 5.74) is 2.34. The highest BCUT2D eigenvalue weighted by atomic mass is 35.5. The molecule has 1 N–H and O–H groups in total. The normalized spacial score (nSPS) is 18.7. The van der Waals surface area contributed by atoms with Gasteiger partial charge in [0.05, 0.1) is 6.04 Å². The summed E-state index contributed by atoms with van der Waals surface area (Å²) in [4.78, 5) is 16.2. The molecule has 0 saturated carbocycles. The van der Waals surface area contributed by atoms with Crippen molar-refractivity contribution in [2.24, 2.45) is 5.92 Å². The van der Waals surface area contributed by atoms with E-state index in [0.717, 1.165) is 54.5 Å². The van der Waals surface area contributed by atoms with Gasteiger partial charge in [-0.25, -0.2) is 0 Å². The number of anilines is 1. The largest absolute Gasteiger partial charge is 0.364 e. The SMILES string of the molecule is CNSC1CCN(C(=O)CC(C)C)CC1.Clc1ccc(N2CCCCC2c2ccc(Cl)cc2Cl)cc1. The Morgan fingerprint density at radius 1 is 0.972 bits per heavy atom. The van der Waals surface area contributed by atoms with Crippen LogP contribution in [0.1, 0.15) is 64.0 Å². The van der Waals surface area contributed by atoms with Gasteiger partial charge in [0.15, 0.2) is 0 Å². The second-order valence-corrected chi connectivity index (χ2v) is 12.4. The molecule has 8 heteroatoms. The van der Waals surface area contributed by atoms with Gasteiger partial charge in [-0.1, -0.05) is 66.7 Å². The number of benzene rings is 2. The van der Waals surface area contributed by atoms with Gasteiger partial charge in [0.25, 0.3) is 0 Å². The molecule has 2 aromatic rings. The van der Waals surface area contributed by atoms with E-state index in [0.29, 0.717) is 34.6 Å². The predicted molar refractivity (Wildman–Crippen MR) is 158 cm³/mol. The number of hydrogen-bond donors (Lipinski definition) is 1. The van der Waals surface area contributed by atoms with Crippen molar-refractivity contribution < 1.29 is 4.79 Å². The maximum Gasteiger partial charge on any atom is 0.222 e. The molecule has 1 atom stereocenters. The molecule has 2 fully saturated rings. The lowest BCUT2D eigenvalue weighted by Gasteiger charge is -2.38. The number of piperidine rings is 2. The maximum atomic E-state index is 11.8. The Morgan fingerprint density at radius 2 is 1.64 bits per heavy atom. The molecule has 4 rings (SSSR count). The lowest BCUT2D eigenvalue weighted by Crippen LogP contribution is -2.40. The minimum Gasteiger partial charge on any atom is -0.364 e. The summed E-state index contributed by atoms with van der Waals surface area (Å²) in [5.74, 6) is 0.805. The monoisotopic (exact) mass is 569 g/mol. The minimum atomic E-state index is 0.296. The first kappa shape index (κ1) is 29.4. The van der Waals surface area contributed by atoms with Crippen molar-refractivity contribution in [3.63, 3.8) is 0 Å². The lowest BCUT2D eigenvalue weighted by molar-refractivity contribution is -0.132. The molecule has 36 heavy (non-hydrogen) atoms.